The Morgan fingerprint density at radius 1 is 1.05 bits per heavy atom. The first-order valence-electron chi connectivity index (χ1n) is 13.3. The highest BCUT2D eigenvalue weighted by molar-refractivity contribution is 5.99. The average molecular weight is 589 g/mol. The third kappa shape index (κ3) is 7.15. The lowest BCUT2D eigenvalue weighted by Gasteiger charge is -2.32. The van der Waals surface area contributed by atoms with E-state index in [1.165, 1.54) is 12.0 Å². The minimum absolute atomic E-state index is 0.0229. The Labute approximate surface area is 241 Å². The normalized spacial score (nSPS) is 17.2. The van der Waals surface area contributed by atoms with Gasteiger partial charge in [-0.3, -0.25) is 9.69 Å². The molecule has 2 atom stereocenters. The lowest BCUT2D eigenvalue weighted by atomic mass is 10.0. The van der Waals surface area contributed by atoms with Gasteiger partial charge >= 0.3 is 12.3 Å². The number of benzene rings is 2. The van der Waals surface area contributed by atoms with Crippen LogP contribution in [0.2, 0.25) is 0 Å². The summed E-state index contributed by atoms with van der Waals surface area (Å²) in [6.07, 6.45) is -4.19. The van der Waals surface area contributed by atoms with Gasteiger partial charge < -0.3 is 14.4 Å². The topological polar surface area (TPSA) is 84.9 Å². The zero-order chi connectivity index (χ0) is 30.8. The van der Waals surface area contributed by atoms with Crippen molar-refractivity contribution in [2.24, 2.45) is 5.92 Å². The summed E-state index contributed by atoms with van der Waals surface area (Å²) in [6.45, 7) is 5.86. The Hall–Kier alpha value is -4.22. The van der Waals surface area contributed by atoms with E-state index in [1.807, 2.05) is 0 Å². The van der Waals surface area contributed by atoms with E-state index in [0.717, 1.165) is 22.9 Å². The van der Waals surface area contributed by atoms with Crippen LogP contribution in [0.15, 0.2) is 54.9 Å². The van der Waals surface area contributed by atoms with Gasteiger partial charge in [0.15, 0.2) is 11.6 Å². The van der Waals surface area contributed by atoms with E-state index in [9.17, 15) is 27.2 Å². The van der Waals surface area contributed by atoms with Gasteiger partial charge in [0.2, 0.25) is 5.91 Å². The second-order valence-corrected chi connectivity index (χ2v) is 11.1. The molecule has 0 aliphatic carbocycles. The maximum Gasteiger partial charge on any atom is 0.410 e. The number of hydrogen-bond donors (Lipinski definition) is 0. The molecule has 3 aromatic rings. The van der Waals surface area contributed by atoms with Crippen molar-refractivity contribution in [3.05, 3.63) is 71.8 Å². The smallest absolute Gasteiger partial charge is 0.410 e. The van der Waals surface area contributed by atoms with Crippen LogP contribution in [0.1, 0.15) is 38.3 Å². The molecule has 224 valence electrons. The Morgan fingerprint density at radius 2 is 1.69 bits per heavy atom. The van der Waals surface area contributed by atoms with E-state index in [1.54, 1.807) is 70.2 Å². The first-order chi connectivity index (χ1) is 19.7. The van der Waals surface area contributed by atoms with Crippen LogP contribution in [0.25, 0.3) is 11.4 Å². The average Bonchev–Trinajstić information content (AvgIpc) is 3.39. The number of hydrogen-bond acceptors (Lipinski definition) is 6. The van der Waals surface area contributed by atoms with Crippen LogP contribution >= 0.6 is 0 Å². The molecule has 0 radical (unpaired) electrons. The van der Waals surface area contributed by atoms with Gasteiger partial charge in [-0.1, -0.05) is 18.2 Å². The summed E-state index contributed by atoms with van der Waals surface area (Å²) in [4.78, 5) is 37.5. The monoisotopic (exact) mass is 588 g/mol. The van der Waals surface area contributed by atoms with Crippen molar-refractivity contribution in [3.63, 3.8) is 0 Å². The number of likely N-dealkylation sites (tertiary alicyclic amines) is 1. The van der Waals surface area contributed by atoms with Crippen molar-refractivity contribution in [2.45, 2.75) is 58.5 Å². The molecule has 0 N–H and O–H groups in total. The third-order valence-corrected chi connectivity index (χ3v) is 6.84. The number of carbonyl (C=O) groups is 2. The van der Waals surface area contributed by atoms with Gasteiger partial charge in [0.05, 0.1) is 32.0 Å². The van der Waals surface area contributed by atoms with Gasteiger partial charge in [-0.05, 0) is 69.5 Å². The number of amides is 2. The van der Waals surface area contributed by atoms with E-state index in [-0.39, 0.29) is 12.4 Å². The maximum atomic E-state index is 14.2. The first kappa shape index (κ1) is 30.7. The summed E-state index contributed by atoms with van der Waals surface area (Å²) in [6, 6.07) is 10.4. The van der Waals surface area contributed by atoms with Crippen LogP contribution in [-0.2, 0) is 16.1 Å². The molecule has 1 aliphatic rings. The van der Waals surface area contributed by atoms with Crippen molar-refractivity contribution in [3.8, 4) is 17.1 Å². The van der Waals surface area contributed by atoms with Crippen molar-refractivity contribution in [2.75, 3.05) is 18.6 Å². The number of aryl methyl sites for hydroxylation is 1. The van der Waals surface area contributed by atoms with Crippen molar-refractivity contribution in [1.29, 1.82) is 0 Å². The summed E-state index contributed by atoms with van der Waals surface area (Å²) >= 11 is 0. The van der Waals surface area contributed by atoms with Crippen LogP contribution in [0.5, 0.6) is 5.75 Å². The Kier molecular flexibility index (Phi) is 8.74. The molecule has 0 saturated carbocycles. The molecule has 8 nitrogen and oxygen atoms in total. The molecule has 2 aromatic carbocycles. The number of rotatable bonds is 6. The van der Waals surface area contributed by atoms with Crippen LogP contribution in [-0.4, -0.2) is 58.3 Å². The van der Waals surface area contributed by atoms with Crippen molar-refractivity contribution >= 4 is 17.7 Å². The number of alkyl halides is 3. The first-order valence-corrected chi connectivity index (χ1v) is 13.3. The van der Waals surface area contributed by atoms with Gasteiger partial charge in [0.1, 0.15) is 17.4 Å². The SMILES string of the molecule is COc1ccc(CN(C(=O)[C@H]2C[C@@H](C(F)(F)F)CN2C(=O)OC(C)(C)C)c2ccc(C)c(-c3ncc(F)cn3)c2)cc1. The quantitative estimate of drug-likeness (QED) is 0.314. The highest BCUT2D eigenvalue weighted by Gasteiger charge is 2.52. The predicted octanol–water partition coefficient (Wildman–Crippen LogP) is 6.32. The van der Waals surface area contributed by atoms with E-state index >= 15 is 0 Å². The lowest BCUT2D eigenvalue weighted by molar-refractivity contribution is -0.170. The van der Waals surface area contributed by atoms with E-state index in [4.69, 9.17) is 9.47 Å². The maximum absolute atomic E-state index is 14.2. The number of halogens is 4. The summed E-state index contributed by atoms with van der Waals surface area (Å²) in [5.41, 5.74) is 1.26. The molecule has 0 spiro atoms. The molecule has 0 bridgehead atoms. The zero-order valence-electron chi connectivity index (χ0n) is 23.9. The van der Waals surface area contributed by atoms with Crippen molar-refractivity contribution < 1.29 is 36.6 Å². The molecule has 2 amide bonds. The van der Waals surface area contributed by atoms with Gasteiger partial charge in [0.25, 0.3) is 0 Å². The molecule has 1 saturated heterocycles. The Balaban J connectivity index is 1.77. The number of aromatic nitrogens is 2. The molecule has 1 fully saturated rings. The lowest BCUT2D eigenvalue weighted by Crippen LogP contribution is -2.49. The Morgan fingerprint density at radius 3 is 2.26 bits per heavy atom. The summed E-state index contributed by atoms with van der Waals surface area (Å²) in [5, 5.41) is 0. The van der Waals surface area contributed by atoms with E-state index in [0.29, 0.717) is 22.6 Å². The molecule has 1 aromatic heterocycles. The van der Waals surface area contributed by atoms with Crippen LogP contribution in [0.3, 0.4) is 0 Å². The van der Waals surface area contributed by atoms with Crippen LogP contribution < -0.4 is 9.64 Å². The number of methoxy groups -OCH3 is 1. The summed E-state index contributed by atoms with van der Waals surface area (Å²) < 4.78 is 65.7. The van der Waals surface area contributed by atoms with Gasteiger partial charge in [-0.2, -0.15) is 13.2 Å². The fourth-order valence-electron chi connectivity index (χ4n) is 4.69. The van der Waals surface area contributed by atoms with Crippen LogP contribution in [0.4, 0.5) is 28.0 Å². The molecular weight excluding hydrogens is 556 g/mol. The fraction of sp³-hybridized carbons (Fsp3) is 0.400. The highest BCUT2D eigenvalue weighted by Crippen LogP contribution is 2.39. The third-order valence-electron chi connectivity index (χ3n) is 6.84. The molecule has 4 rings (SSSR count). The van der Waals surface area contributed by atoms with Crippen molar-refractivity contribution in [1.82, 2.24) is 14.9 Å². The predicted molar refractivity (Wildman–Crippen MR) is 147 cm³/mol. The second kappa shape index (κ2) is 11.9. The highest BCUT2D eigenvalue weighted by atomic mass is 19.4. The Bertz CT molecular complexity index is 1420. The zero-order valence-corrected chi connectivity index (χ0v) is 23.9. The molecular formula is C30H32F4N4O4. The van der Waals surface area contributed by atoms with Gasteiger partial charge in [-0.25, -0.2) is 19.2 Å². The van der Waals surface area contributed by atoms with Gasteiger partial charge in [-0.15, -0.1) is 0 Å². The molecule has 2 heterocycles. The minimum Gasteiger partial charge on any atom is -0.497 e. The molecule has 1 aliphatic heterocycles. The molecule has 42 heavy (non-hydrogen) atoms. The minimum atomic E-state index is -4.62. The fourth-order valence-corrected chi connectivity index (χ4v) is 4.69. The van der Waals surface area contributed by atoms with Crippen LogP contribution in [0, 0.1) is 18.7 Å². The molecule has 0 unspecified atom stereocenters. The number of nitrogens with zero attached hydrogens (tertiary/aromatic N) is 4. The van der Waals surface area contributed by atoms with E-state index < -0.39 is 54.5 Å². The van der Waals surface area contributed by atoms with Gasteiger partial charge in [0, 0.05) is 17.8 Å². The molecule has 12 heteroatoms. The summed E-state index contributed by atoms with van der Waals surface area (Å²) in [7, 11) is 1.51. The number of anilines is 1. The number of ether oxygens (including phenoxy) is 2. The summed E-state index contributed by atoms with van der Waals surface area (Å²) in [5.74, 6) is -2.43. The second-order valence-electron chi connectivity index (χ2n) is 11.1. The standard InChI is InChI=1S/C30H32F4N4O4/c1-18-6-9-22(13-24(18)26-35-14-21(31)15-36-26)37(16-19-7-10-23(41-5)11-8-19)27(39)25-12-20(30(32,33)34)17-38(25)28(40)42-29(2,3)4/h6-11,13-15,20,25H,12,16-17H2,1-5H3/t20-,25-/m1/s1. The van der Waals surface area contributed by atoms with E-state index in [2.05, 4.69) is 9.97 Å². The largest absolute Gasteiger partial charge is 0.497 e. The number of carbonyl (C=O) groups excluding carboxylic acids is 2.